The van der Waals surface area contributed by atoms with Gasteiger partial charge in [-0.1, -0.05) is 108 Å². The first-order valence-corrected chi connectivity index (χ1v) is 28.1. The van der Waals surface area contributed by atoms with Crippen molar-refractivity contribution in [1.29, 1.82) is 0 Å². The molecule has 10 aliphatic heterocycles. The molecule has 0 unspecified atom stereocenters. The van der Waals surface area contributed by atoms with Gasteiger partial charge >= 0.3 is 0 Å². The van der Waals surface area contributed by atoms with Crippen LogP contribution in [0.3, 0.4) is 0 Å². The van der Waals surface area contributed by atoms with E-state index in [1.807, 2.05) is 36.4 Å². The molecule has 1 aromatic heterocycles. The summed E-state index contributed by atoms with van der Waals surface area (Å²) in [6.07, 6.45) is 13.9. The van der Waals surface area contributed by atoms with E-state index in [4.69, 9.17) is 0 Å². The van der Waals surface area contributed by atoms with Crippen LogP contribution < -0.4 is 21.3 Å². The number of hydrogen-bond donors (Lipinski definition) is 4. The lowest BCUT2D eigenvalue weighted by atomic mass is 9.64. The van der Waals surface area contributed by atoms with Crippen LogP contribution in [0.1, 0.15) is 199 Å². The van der Waals surface area contributed by atoms with E-state index in [0.717, 1.165) is 148 Å². The zero-order valence-electron chi connectivity index (χ0n) is 47.5. The Balaban J connectivity index is 1.12. The van der Waals surface area contributed by atoms with Crippen molar-refractivity contribution >= 4 is 46.4 Å². The molecule has 2 spiro atoms. The Morgan fingerprint density at radius 3 is 0.872 bits per heavy atom. The van der Waals surface area contributed by atoms with Crippen LogP contribution in [0.4, 0.5) is 22.7 Å². The molecule has 12 bridgehead atoms. The van der Waals surface area contributed by atoms with Gasteiger partial charge in [-0.25, -0.2) is 0 Å². The molecule has 2 fully saturated rings. The first-order valence-electron chi connectivity index (χ1n) is 28.1. The van der Waals surface area contributed by atoms with Gasteiger partial charge in [0, 0.05) is 68.2 Å². The van der Waals surface area contributed by atoms with Crippen molar-refractivity contribution in [2.24, 2.45) is 0 Å². The zero-order chi connectivity index (χ0) is 55.4. The highest BCUT2D eigenvalue weighted by atomic mass is 16.2. The number of nitrogens with one attached hydrogen (secondary N) is 4. The van der Waals surface area contributed by atoms with E-state index >= 15 is 0 Å². The number of pyridine rings is 1. The third kappa shape index (κ3) is 10.2. The molecule has 9 heteroatoms. The topological polar surface area (TPSA) is 129 Å². The third-order valence-electron chi connectivity index (χ3n) is 17.5. The lowest BCUT2D eigenvalue weighted by Crippen LogP contribution is -2.31. The number of carbonyl (C=O) groups excluding carboxylic acids is 4. The van der Waals surface area contributed by atoms with Crippen LogP contribution in [0, 0.1) is 55.4 Å². The lowest BCUT2D eigenvalue weighted by molar-refractivity contribution is 0.101. The summed E-state index contributed by atoms with van der Waals surface area (Å²) in [5.74, 6) is -1.16. The monoisotopic (exact) mass is 1040 g/mol. The highest BCUT2D eigenvalue weighted by Gasteiger charge is 2.39. The maximum Gasteiger partial charge on any atom is 0.255 e. The third-order valence-corrected chi connectivity index (χ3v) is 17.5. The highest BCUT2D eigenvalue weighted by Crippen LogP contribution is 2.49. The van der Waals surface area contributed by atoms with Gasteiger partial charge in [0.1, 0.15) is 0 Å². The Bertz CT molecular complexity index is 3280. The maximum absolute atomic E-state index is 14.7. The molecule has 4 amide bonds. The van der Waals surface area contributed by atoms with Crippen LogP contribution in [0.5, 0.6) is 0 Å². The first-order chi connectivity index (χ1) is 37.1. The fourth-order valence-electron chi connectivity index (χ4n) is 13.2. The molecule has 4 N–H and O–H groups in total. The van der Waals surface area contributed by atoms with Gasteiger partial charge in [-0.05, 0) is 218 Å². The number of anilines is 4. The smallest absolute Gasteiger partial charge is 0.255 e. The highest BCUT2D eigenvalue weighted by molar-refractivity contribution is 6.11. The normalized spacial score (nSPS) is 16.6. The summed E-state index contributed by atoms with van der Waals surface area (Å²) in [5, 5.41) is 13.2. The number of aromatic nitrogens is 1. The van der Waals surface area contributed by atoms with Gasteiger partial charge in [0.05, 0.1) is 0 Å². The van der Waals surface area contributed by atoms with E-state index in [-0.39, 0.29) is 39.9 Å². The van der Waals surface area contributed by atoms with Crippen LogP contribution in [0.25, 0.3) is 11.1 Å². The van der Waals surface area contributed by atoms with Gasteiger partial charge < -0.3 is 21.3 Å². The maximum atomic E-state index is 14.7. The largest absolute Gasteiger partial charge is 0.322 e. The number of aryl methyl sites for hydroxylation is 8. The van der Waals surface area contributed by atoms with Gasteiger partial charge in [0.2, 0.25) is 0 Å². The summed E-state index contributed by atoms with van der Waals surface area (Å²) in [7, 11) is 0. The van der Waals surface area contributed by atoms with Crippen molar-refractivity contribution in [2.45, 2.75) is 157 Å². The first kappa shape index (κ1) is 53.7. The number of carbonyl (C=O) groups is 4. The predicted molar refractivity (Wildman–Crippen MR) is 318 cm³/mol. The molecular formula is C69H75N5O4. The van der Waals surface area contributed by atoms with Crippen LogP contribution in [0.15, 0.2) is 109 Å². The molecule has 12 aliphatic rings. The molecule has 6 aromatic carbocycles. The predicted octanol–water partition coefficient (Wildman–Crippen LogP) is 16.3. The van der Waals surface area contributed by atoms with Crippen LogP contribution in [-0.4, -0.2) is 28.6 Å². The van der Waals surface area contributed by atoms with Crippen molar-refractivity contribution < 1.29 is 19.2 Å². The minimum atomic E-state index is -0.345. The standard InChI is InChI=1S/C69H75N5O4/c1-40-26-55-27-41(2)59(40)71-63(75)50-34-49(48-18-24-70-25-19-48)35-51(36-50)64(76)72-60-42(3)28-56(29-43(60)4)69(22-16-13-17-23-69)58-32-46(7)62(47(8)33-58)74-66(78)53-37-52(38-54(39-53)67(9,10)11)65(77)73-61-44(5)30-57(31-45(61)6)68(55)20-14-12-15-21-68/h18-19,24-39H,12-17,20-23H2,1-11H3,(H,71,75)(H,72,76)(H,73,77)(H,74,78). The molecule has 9 nitrogen and oxygen atoms in total. The van der Waals surface area contributed by atoms with Crippen molar-refractivity contribution in [3.63, 3.8) is 0 Å². The number of benzene rings is 6. The average molecular weight is 1040 g/mol. The molecule has 11 heterocycles. The Morgan fingerprint density at radius 1 is 0.346 bits per heavy atom. The SMILES string of the molecule is Cc1cc2cc(C)c1NC(=O)c1cc(cc(-c3ccncc3)c1)C(=O)Nc1c(C)cc(cc1C)C1(CCCCC1)c1cc(C)c(c(C)c1)NC(=O)c1cc(cc(C(C)(C)C)c1)C(=O)Nc1c(C)cc(cc1C)C21CCCCC1. The molecule has 2 aliphatic carbocycles. The fraction of sp³-hybridized carbons (Fsp3) is 0.348. The number of amides is 4. The second kappa shape index (κ2) is 21.0. The molecule has 19 rings (SSSR count). The van der Waals surface area contributed by atoms with Crippen LogP contribution >= 0.6 is 0 Å². The molecule has 0 saturated heterocycles. The van der Waals surface area contributed by atoms with E-state index < -0.39 is 0 Å². The van der Waals surface area contributed by atoms with Gasteiger partial charge in [-0.15, -0.1) is 0 Å². The van der Waals surface area contributed by atoms with Crippen molar-refractivity contribution in [3.05, 3.63) is 204 Å². The molecule has 0 radical (unpaired) electrons. The summed E-state index contributed by atoms with van der Waals surface area (Å²) in [6, 6.07) is 32.6. The van der Waals surface area contributed by atoms with E-state index in [0.29, 0.717) is 22.3 Å². The second-order valence-electron chi connectivity index (χ2n) is 24.1. The van der Waals surface area contributed by atoms with Crippen LogP contribution in [-0.2, 0) is 16.2 Å². The van der Waals surface area contributed by atoms with Gasteiger partial charge in [-0.3, -0.25) is 24.2 Å². The minimum absolute atomic E-state index is 0.271. The molecular weight excluding hydrogens is 963 g/mol. The number of nitrogens with zero attached hydrogens (tertiary/aromatic N) is 1. The average Bonchev–Trinajstić information content (AvgIpc) is 3.42. The Labute approximate surface area is 461 Å². The second-order valence-corrected chi connectivity index (χ2v) is 24.1. The Morgan fingerprint density at radius 2 is 0.603 bits per heavy atom. The quantitative estimate of drug-likeness (QED) is 0.130. The summed E-state index contributed by atoms with van der Waals surface area (Å²) < 4.78 is 0. The summed E-state index contributed by atoms with van der Waals surface area (Å²) in [4.78, 5) is 62.8. The van der Waals surface area contributed by atoms with Gasteiger partial charge in [0.25, 0.3) is 23.6 Å². The summed E-state index contributed by atoms with van der Waals surface area (Å²) >= 11 is 0. The fourth-order valence-corrected chi connectivity index (χ4v) is 13.2. The molecule has 0 atom stereocenters. The number of rotatable bonds is 1. The summed E-state index contributed by atoms with van der Waals surface area (Å²) in [5.41, 5.74) is 18.6. The molecule has 7 aromatic rings. The molecule has 400 valence electrons. The van der Waals surface area contributed by atoms with Crippen molar-refractivity contribution in [3.8, 4) is 11.1 Å². The van der Waals surface area contributed by atoms with Gasteiger partial charge in [-0.2, -0.15) is 0 Å². The van der Waals surface area contributed by atoms with E-state index in [1.165, 1.54) is 22.3 Å². The molecule has 2 saturated carbocycles. The Hall–Kier alpha value is -7.65. The van der Waals surface area contributed by atoms with E-state index in [1.54, 1.807) is 24.5 Å². The van der Waals surface area contributed by atoms with Gasteiger partial charge in [0.15, 0.2) is 0 Å². The van der Waals surface area contributed by atoms with Crippen molar-refractivity contribution in [2.75, 3.05) is 21.3 Å². The Kier molecular flexibility index (Phi) is 14.4. The number of hydrogen-bond acceptors (Lipinski definition) is 5. The van der Waals surface area contributed by atoms with Crippen LogP contribution in [0.2, 0.25) is 0 Å². The summed E-state index contributed by atoms with van der Waals surface area (Å²) in [6.45, 7) is 22.8. The molecule has 78 heavy (non-hydrogen) atoms. The minimum Gasteiger partial charge on any atom is -0.322 e. The van der Waals surface area contributed by atoms with E-state index in [9.17, 15) is 19.2 Å². The van der Waals surface area contributed by atoms with Crippen molar-refractivity contribution in [1.82, 2.24) is 4.98 Å². The lowest BCUT2D eigenvalue weighted by Gasteiger charge is -2.40. The zero-order valence-corrected chi connectivity index (χ0v) is 47.5. The van der Waals surface area contributed by atoms with E-state index in [2.05, 4.69) is 151 Å².